The van der Waals surface area contributed by atoms with Gasteiger partial charge in [0, 0.05) is 19.1 Å². The summed E-state index contributed by atoms with van der Waals surface area (Å²) in [6.45, 7) is 2.18. The van der Waals surface area contributed by atoms with Crippen molar-refractivity contribution < 1.29 is 0 Å². The van der Waals surface area contributed by atoms with Crippen molar-refractivity contribution in [3.63, 3.8) is 0 Å². The van der Waals surface area contributed by atoms with E-state index in [1.165, 1.54) is 52.8 Å². The summed E-state index contributed by atoms with van der Waals surface area (Å²) < 4.78 is 1.26. The van der Waals surface area contributed by atoms with Crippen LogP contribution in [0.5, 0.6) is 0 Å². The number of hydrogen-bond donors (Lipinski definition) is 0. The van der Waals surface area contributed by atoms with Gasteiger partial charge in [-0.1, -0.05) is 48.0 Å². The van der Waals surface area contributed by atoms with Crippen LogP contribution in [0.3, 0.4) is 0 Å². The van der Waals surface area contributed by atoms with Gasteiger partial charge in [-0.3, -0.25) is 0 Å². The second-order valence-electron chi connectivity index (χ2n) is 4.76. The first-order valence-corrected chi connectivity index (χ1v) is 8.59. The summed E-state index contributed by atoms with van der Waals surface area (Å²) in [6, 6.07) is 2.28. The topological polar surface area (TPSA) is 0 Å². The molecule has 0 aliphatic heterocycles. The van der Waals surface area contributed by atoms with E-state index in [4.69, 9.17) is 0 Å². The molecule has 0 amide bonds. The molecule has 1 aromatic heterocycles. The predicted octanol–water partition coefficient (Wildman–Crippen LogP) is 6.23. The lowest BCUT2D eigenvalue weighted by Crippen LogP contribution is -2.08. The van der Waals surface area contributed by atoms with Crippen molar-refractivity contribution in [3.8, 4) is 0 Å². The van der Waals surface area contributed by atoms with Gasteiger partial charge in [0.25, 0.3) is 0 Å². The summed E-state index contributed by atoms with van der Waals surface area (Å²) in [6.07, 6.45) is 8.52. The second kappa shape index (κ2) is 6.01. The molecule has 0 bridgehead atoms. The van der Waals surface area contributed by atoms with Crippen molar-refractivity contribution in [1.29, 1.82) is 0 Å². The van der Waals surface area contributed by atoms with Gasteiger partial charge in [0.2, 0.25) is 0 Å². The maximum atomic E-state index is 3.86. The zero-order chi connectivity index (χ0) is 11.5. The average molecular weight is 366 g/mol. The SMILES string of the molecule is Cc1sc(C(Br)CC2CCCCC2)cc1Br. The fourth-order valence-corrected chi connectivity index (χ4v) is 4.96. The molecule has 1 unspecified atom stereocenters. The number of halogens is 2. The highest BCUT2D eigenvalue weighted by molar-refractivity contribution is 9.10. The first-order chi connectivity index (χ1) is 7.66. The maximum Gasteiger partial charge on any atom is 0.0492 e. The zero-order valence-corrected chi connectivity index (χ0v) is 13.6. The van der Waals surface area contributed by atoms with Gasteiger partial charge < -0.3 is 0 Å². The molecule has 1 fully saturated rings. The van der Waals surface area contributed by atoms with Gasteiger partial charge in [-0.05, 0) is 41.3 Å². The fraction of sp³-hybridized carbons (Fsp3) is 0.692. The molecule has 1 aliphatic carbocycles. The van der Waals surface area contributed by atoms with E-state index in [0.717, 1.165) is 5.92 Å². The quantitative estimate of drug-likeness (QED) is 0.557. The number of rotatable bonds is 3. The van der Waals surface area contributed by atoms with Crippen LogP contribution in [-0.2, 0) is 0 Å². The van der Waals surface area contributed by atoms with E-state index >= 15 is 0 Å². The molecule has 0 radical (unpaired) electrons. The van der Waals surface area contributed by atoms with Crippen molar-refractivity contribution >= 4 is 43.2 Å². The number of aryl methyl sites for hydroxylation is 1. The smallest absolute Gasteiger partial charge is 0.0492 e. The third-order valence-electron chi connectivity index (χ3n) is 3.45. The molecule has 90 valence electrons. The summed E-state index contributed by atoms with van der Waals surface area (Å²) in [5, 5.41) is 0. The highest BCUT2D eigenvalue weighted by atomic mass is 79.9. The summed E-state index contributed by atoms with van der Waals surface area (Å²) in [5.74, 6) is 0.944. The van der Waals surface area contributed by atoms with Gasteiger partial charge in [-0.2, -0.15) is 0 Å². The van der Waals surface area contributed by atoms with Crippen LogP contribution in [-0.4, -0.2) is 0 Å². The summed E-state index contributed by atoms with van der Waals surface area (Å²) in [4.78, 5) is 3.43. The molecule has 0 saturated heterocycles. The van der Waals surface area contributed by atoms with E-state index in [2.05, 4.69) is 44.8 Å². The van der Waals surface area contributed by atoms with Gasteiger partial charge in [-0.25, -0.2) is 0 Å². The van der Waals surface area contributed by atoms with Crippen LogP contribution in [0.25, 0.3) is 0 Å². The number of thiophene rings is 1. The molecule has 3 heteroatoms. The molecule has 1 heterocycles. The Morgan fingerprint density at radius 3 is 2.62 bits per heavy atom. The fourth-order valence-electron chi connectivity index (χ4n) is 2.47. The Morgan fingerprint density at radius 2 is 2.06 bits per heavy atom. The number of alkyl halides is 1. The van der Waals surface area contributed by atoms with Crippen LogP contribution >= 0.6 is 43.2 Å². The monoisotopic (exact) mass is 364 g/mol. The van der Waals surface area contributed by atoms with Crippen molar-refractivity contribution in [1.82, 2.24) is 0 Å². The second-order valence-corrected chi connectivity index (χ2v) is 8.01. The molecular weight excluding hydrogens is 348 g/mol. The molecule has 2 rings (SSSR count). The highest BCUT2D eigenvalue weighted by Crippen LogP contribution is 2.40. The first kappa shape index (κ1) is 13.1. The first-order valence-electron chi connectivity index (χ1n) is 6.06. The third-order valence-corrected chi connectivity index (χ3v) is 6.87. The summed E-state index contributed by atoms with van der Waals surface area (Å²) in [5.41, 5.74) is 0. The Hall–Kier alpha value is 0.660. The Morgan fingerprint density at radius 1 is 1.38 bits per heavy atom. The van der Waals surface area contributed by atoms with Crippen molar-refractivity contribution in [2.24, 2.45) is 5.92 Å². The lowest BCUT2D eigenvalue weighted by atomic mass is 9.86. The Kier molecular flexibility index (Phi) is 4.92. The molecule has 16 heavy (non-hydrogen) atoms. The molecule has 1 aliphatic rings. The molecule has 0 spiro atoms. The van der Waals surface area contributed by atoms with Crippen LogP contribution in [0.15, 0.2) is 10.5 Å². The maximum absolute atomic E-state index is 3.86. The van der Waals surface area contributed by atoms with Crippen molar-refractivity contribution in [3.05, 3.63) is 20.3 Å². The lowest BCUT2D eigenvalue weighted by Gasteiger charge is -2.23. The standard InChI is InChI=1S/C13H18Br2S/c1-9-11(14)8-13(16-9)12(15)7-10-5-3-2-4-6-10/h8,10,12H,2-7H2,1H3. The van der Waals surface area contributed by atoms with Gasteiger partial charge in [0.05, 0.1) is 0 Å². The normalized spacial score (nSPS) is 19.9. The molecule has 1 atom stereocenters. The van der Waals surface area contributed by atoms with Gasteiger partial charge in [-0.15, -0.1) is 11.3 Å². The minimum absolute atomic E-state index is 0.561. The van der Waals surface area contributed by atoms with Crippen LogP contribution < -0.4 is 0 Å². The van der Waals surface area contributed by atoms with Gasteiger partial charge >= 0.3 is 0 Å². The van der Waals surface area contributed by atoms with E-state index in [1.54, 1.807) is 0 Å². The largest absolute Gasteiger partial charge is 0.143 e. The molecule has 0 nitrogen and oxygen atoms in total. The van der Waals surface area contributed by atoms with E-state index in [1.807, 2.05) is 11.3 Å². The molecule has 0 N–H and O–H groups in total. The van der Waals surface area contributed by atoms with E-state index in [9.17, 15) is 0 Å². The van der Waals surface area contributed by atoms with Gasteiger partial charge in [0.15, 0.2) is 0 Å². The summed E-state index contributed by atoms with van der Waals surface area (Å²) >= 11 is 9.38. The molecule has 0 aromatic carbocycles. The van der Waals surface area contributed by atoms with Gasteiger partial charge in [0.1, 0.15) is 0 Å². The zero-order valence-electron chi connectivity index (χ0n) is 9.64. The Balaban J connectivity index is 1.93. The highest BCUT2D eigenvalue weighted by Gasteiger charge is 2.19. The lowest BCUT2D eigenvalue weighted by molar-refractivity contribution is 0.339. The molecule has 1 saturated carbocycles. The van der Waals surface area contributed by atoms with E-state index in [-0.39, 0.29) is 0 Å². The van der Waals surface area contributed by atoms with Crippen molar-refractivity contribution in [2.75, 3.05) is 0 Å². The van der Waals surface area contributed by atoms with Crippen molar-refractivity contribution in [2.45, 2.75) is 50.3 Å². The minimum atomic E-state index is 0.561. The van der Waals surface area contributed by atoms with Crippen LogP contribution in [0.1, 0.15) is 53.1 Å². The molecule has 1 aromatic rings. The van der Waals surface area contributed by atoms with E-state index in [0.29, 0.717) is 4.83 Å². The van der Waals surface area contributed by atoms with Crippen LogP contribution in [0.2, 0.25) is 0 Å². The number of hydrogen-bond acceptors (Lipinski definition) is 1. The summed E-state index contributed by atoms with van der Waals surface area (Å²) in [7, 11) is 0. The van der Waals surface area contributed by atoms with E-state index < -0.39 is 0 Å². The predicted molar refractivity (Wildman–Crippen MR) is 79.6 cm³/mol. The average Bonchev–Trinajstić information content (AvgIpc) is 2.61. The van der Waals surface area contributed by atoms with Crippen LogP contribution in [0.4, 0.5) is 0 Å². The third kappa shape index (κ3) is 3.33. The minimum Gasteiger partial charge on any atom is -0.143 e. The Labute approximate surface area is 119 Å². The molecular formula is C13H18Br2S. The Bertz CT molecular complexity index is 320. The van der Waals surface area contributed by atoms with Crippen LogP contribution in [0, 0.1) is 12.8 Å².